The van der Waals surface area contributed by atoms with Crippen molar-refractivity contribution in [1.82, 2.24) is 10.6 Å². The fourth-order valence-corrected chi connectivity index (χ4v) is 1.58. The van der Waals surface area contributed by atoms with E-state index in [2.05, 4.69) is 22.5 Å². The number of carbonyl (C=O) groups excluding carboxylic acids is 2. The molecule has 0 spiro atoms. The second kappa shape index (κ2) is 8.02. The molecular formula is C15H17FN2O3. The highest BCUT2D eigenvalue weighted by atomic mass is 19.1. The van der Waals surface area contributed by atoms with E-state index in [-0.39, 0.29) is 24.5 Å². The molecule has 5 nitrogen and oxygen atoms in total. The molecule has 0 heterocycles. The highest BCUT2D eigenvalue weighted by Crippen LogP contribution is 2.11. The number of halogens is 1. The number of amides is 2. The zero-order valence-electron chi connectivity index (χ0n) is 11.9. The number of nitrogens with one attached hydrogen (secondary N) is 2. The van der Waals surface area contributed by atoms with Crippen molar-refractivity contribution >= 4 is 11.8 Å². The van der Waals surface area contributed by atoms with Gasteiger partial charge in [0.1, 0.15) is 11.9 Å². The standard InChI is InChI=1S/C15H17FN2O3/c1-10(14(20)17-2)18-15(21)13-9-12(16)7-6-11(13)5-3-4-8-19/h6-7,9-10,19H,4,8H2,1-2H3,(H,17,20)(H,18,21). The van der Waals surface area contributed by atoms with E-state index in [1.54, 1.807) is 0 Å². The van der Waals surface area contributed by atoms with Crippen molar-refractivity contribution in [2.75, 3.05) is 13.7 Å². The number of likely N-dealkylation sites (N-methyl/N-ethyl adjacent to an activating group) is 1. The van der Waals surface area contributed by atoms with Crippen LogP contribution in [0.2, 0.25) is 0 Å². The van der Waals surface area contributed by atoms with Gasteiger partial charge in [0.05, 0.1) is 12.2 Å². The number of hydrogen-bond acceptors (Lipinski definition) is 3. The lowest BCUT2D eigenvalue weighted by Gasteiger charge is -2.13. The Balaban J connectivity index is 3.00. The van der Waals surface area contributed by atoms with Gasteiger partial charge in [0.2, 0.25) is 5.91 Å². The zero-order chi connectivity index (χ0) is 15.8. The second-order valence-corrected chi connectivity index (χ2v) is 4.27. The smallest absolute Gasteiger partial charge is 0.253 e. The van der Waals surface area contributed by atoms with Crippen LogP contribution >= 0.6 is 0 Å². The minimum absolute atomic E-state index is 0.0520. The first-order valence-corrected chi connectivity index (χ1v) is 6.41. The zero-order valence-corrected chi connectivity index (χ0v) is 11.9. The van der Waals surface area contributed by atoms with E-state index in [0.717, 1.165) is 6.07 Å². The minimum Gasteiger partial charge on any atom is -0.395 e. The van der Waals surface area contributed by atoms with Crippen LogP contribution in [0, 0.1) is 17.7 Å². The molecule has 6 heteroatoms. The molecule has 1 atom stereocenters. The summed E-state index contributed by atoms with van der Waals surface area (Å²) in [6.07, 6.45) is 0.257. The third kappa shape index (κ3) is 4.89. The Bertz CT molecular complexity index is 590. The Morgan fingerprint density at radius 3 is 2.76 bits per heavy atom. The molecule has 0 aliphatic carbocycles. The summed E-state index contributed by atoms with van der Waals surface area (Å²) in [7, 11) is 1.46. The van der Waals surface area contributed by atoms with E-state index in [0.29, 0.717) is 5.56 Å². The van der Waals surface area contributed by atoms with Crippen LogP contribution in [-0.2, 0) is 4.79 Å². The average Bonchev–Trinajstić information content (AvgIpc) is 2.47. The SMILES string of the molecule is CNC(=O)C(C)NC(=O)c1cc(F)ccc1C#CCCO. The topological polar surface area (TPSA) is 78.4 Å². The van der Waals surface area contributed by atoms with Crippen LogP contribution in [-0.4, -0.2) is 36.6 Å². The second-order valence-electron chi connectivity index (χ2n) is 4.27. The van der Waals surface area contributed by atoms with E-state index in [4.69, 9.17) is 5.11 Å². The van der Waals surface area contributed by atoms with Gasteiger partial charge in [0.25, 0.3) is 5.91 Å². The molecule has 0 aliphatic rings. The molecule has 0 radical (unpaired) electrons. The summed E-state index contributed by atoms with van der Waals surface area (Å²) in [5.74, 6) is 3.86. The van der Waals surface area contributed by atoms with Crippen molar-refractivity contribution in [2.45, 2.75) is 19.4 Å². The van der Waals surface area contributed by atoms with Crippen LogP contribution in [0.25, 0.3) is 0 Å². The van der Waals surface area contributed by atoms with Gasteiger partial charge in [-0.05, 0) is 25.1 Å². The Morgan fingerprint density at radius 2 is 2.14 bits per heavy atom. The first-order chi connectivity index (χ1) is 9.99. The maximum Gasteiger partial charge on any atom is 0.253 e. The van der Waals surface area contributed by atoms with E-state index in [1.807, 2.05) is 0 Å². The van der Waals surface area contributed by atoms with Gasteiger partial charge in [-0.3, -0.25) is 9.59 Å². The molecule has 0 aromatic heterocycles. The van der Waals surface area contributed by atoms with E-state index in [9.17, 15) is 14.0 Å². The molecular weight excluding hydrogens is 275 g/mol. The van der Waals surface area contributed by atoms with E-state index in [1.165, 1.54) is 26.1 Å². The van der Waals surface area contributed by atoms with Crippen molar-refractivity contribution in [3.63, 3.8) is 0 Å². The lowest BCUT2D eigenvalue weighted by atomic mass is 10.1. The summed E-state index contributed by atoms with van der Waals surface area (Å²) in [5.41, 5.74) is 0.391. The van der Waals surface area contributed by atoms with Crippen molar-refractivity contribution in [1.29, 1.82) is 0 Å². The van der Waals surface area contributed by atoms with Crippen LogP contribution in [0.15, 0.2) is 18.2 Å². The molecule has 1 unspecified atom stereocenters. The lowest BCUT2D eigenvalue weighted by molar-refractivity contribution is -0.122. The number of aliphatic hydroxyl groups is 1. The molecule has 3 N–H and O–H groups in total. The number of aliphatic hydroxyl groups excluding tert-OH is 1. The summed E-state index contributed by atoms with van der Waals surface area (Å²) in [6, 6.07) is 2.90. The average molecular weight is 292 g/mol. The summed E-state index contributed by atoms with van der Waals surface area (Å²) in [4.78, 5) is 23.5. The fourth-order valence-electron chi connectivity index (χ4n) is 1.58. The van der Waals surface area contributed by atoms with Gasteiger partial charge in [-0.1, -0.05) is 11.8 Å². The van der Waals surface area contributed by atoms with Gasteiger partial charge in [-0.15, -0.1) is 0 Å². The third-order valence-electron chi connectivity index (χ3n) is 2.67. The Kier molecular flexibility index (Phi) is 6.37. The van der Waals surface area contributed by atoms with Gasteiger partial charge in [0, 0.05) is 19.0 Å². The van der Waals surface area contributed by atoms with E-state index >= 15 is 0 Å². The number of benzene rings is 1. The largest absolute Gasteiger partial charge is 0.395 e. The fraction of sp³-hybridized carbons (Fsp3) is 0.333. The number of rotatable bonds is 4. The normalized spacial score (nSPS) is 11.0. The van der Waals surface area contributed by atoms with Crippen LogP contribution in [0.5, 0.6) is 0 Å². The highest BCUT2D eigenvalue weighted by Gasteiger charge is 2.17. The van der Waals surface area contributed by atoms with Crippen LogP contribution in [0.4, 0.5) is 4.39 Å². The predicted octanol–water partition coefficient (Wildman–Crippen LogP) is 0.424. The van der Waals surface area contributed by atoms with Gasteiger partial charge >= 0.3 is 0 Å². The molecule has 0 saturated heterocycles. The molecule has 21 heavy (non-hydrogen) atoms. The van der Waals surface area contributed by atoms with Crippen LogP contribution in [0.3, 0.4) is 0 Å². The molecule has 1 aromatic rings. The molecule has 1 aromatic carbocycles. The first kappa shape index (κ1) is 16.7. The molecule has 0 bridgehead atoms. The predicted molar refractivity (Wildman–Crippen MR) is 76.0 cm³/mol. The maximum absolute atomic E-state index is 13.3. The molecule has 0 saturated carbocycles. The van der Waals surface area contributed by atoms with E-state index < -0.39 is 17.8 Å². The van der Waals surface area contributed by atoms with Gasteiger partial charge in [-0.25, -0.2) is 4.39 Å². The molecule has 112 valence electrons. The Morgan fingerprint density at radius 1 is 1.43 bits per heavy atom. The van der Waals surface area contributed by atoms with Gasteiger partial charge in [0.15, 0.2) is 0 Å². The molecule has 0 fully saturated rings. The summed E-state index contributed by atoms with van der Waals surface area (Å²) in [6.45, 7) is 1.43. The third-order valence-corrected chi connectivity index (χ3v) is 2.67. The van der Waals surface area contributed by atoms with Crippen LogP contribution < -0.4 is 10.6 Å². The Labute approximate surface area is 122 Å². The molecule has 1 rings (SSSR count). The van der Waals surface area contributed by atoms with Gasteiger partial charge < -0.3 is 15.7 Å². The number of hydrogen-bond donors (Lipinski definition) is 3. The van der Waals surface area contributed by atoms with Crippen molar-refractivity contribution < 1.29 is 19.1 Å². The van der Waals surface area contributed by atoms with Crippen molar-refractivity contribution in [2.24, 2.45) is 0 Å². The molecule has 0 aliphatic heterocycles. The Hall–Kier alpha value is -2.39. The summed E-state index contributed by atoms with van der Waals surface area (Å²) in [5, 5.41) is 13.6. The first-order valence-electron chi connectivity index (χ1n) is 6.41. The summed E-state index contributed by atoms with van der Waals surface area (Å²) < 4.78 is 13.3. The lowest BCUT2D eigenvalue weighted by Crippen LogP contribution is -2.43. The molecule has 2 amide bonds. The van der Waals surface area contributed by atoms with Crippen molar-refractivity contribution in [3.8, 4) is 11.8 Å². The monoisotopic (exact) mass is 292 g/mol. The van der Waals surface area contributed by atoms with Crippen molar-refractivity contribution in [3.05, 3.63) is 35.1 Å². The minimum atomic E-state index is -0.746. The maximum atomic E-state index is 13.3. The quantitative estimate of drug-likeness (QED) is 0.704. The van der Waals surface area contributed by atoms with Crippen LogP contribution in [0.1, 0.15) is 29.3 Å². The highest BCUT2D eigenvalue weighted by molar-refractivity contribution is 5.99. The van der Waals surface area contributed by atoms with Gasteiger partial charge in [-0.2, -0.15) is 0 Å². The number of carbonyl (C=O) groups is 2. The summed E-state index contributed by atoms with van der Waals surface area (Å²) >= 11 is 0.